The normalized spacial score (nSPS) is 21.7. The van der Waals surface area contributed by atoms with Crippen LogP contribution in [0.4, 0.5) is 0 Å². The molecule has 5 rings (SSSR count). The van der Waals surface area contributed by atoms with Gasteiger partial charge in [-0.15, -0.1) is 11.8 Å². The van der Waals surface area contributed by atoms with Crippen LogP contribution < -0.4 is 0 Å². The van der Waals surface area contributed by atoms with Gasteiger partial charge in [-0.2, -0.15) is 5.10 Å². The predicted octanol–water partition coefficient (Wildman–Crippen LogP) is 4.26. The molecule has 148 valence electrons. The maximum atomic E-state index is 12.9. The number of likely N-dealkylation sites (tertiary alicyclic amines) is 1. The van der Waals surface area contributed by atoms with Gasteiger partial charge in [-0.05, 0) is 80.4 Å². The highest BCUT2D eigenvalue weighted by Gasteiger charge is 2.33. The second-order valence-corrected chi connectivity index (χ2v) is 9.68. The molecule has 2 fully saturated rings. The maximum Gasteiger partial charge on any atom is 0.232 e. The number of fused-ring (bicyclic) bond motifs is 1. The minimum absolute atomic E-state index is 0.238. The maximum absolute atomic E-state index is 12.9. The van der Waals surface area contributed by atoms with Gasteiger partial charge in [0.25, 0.3) is 0 Å². The standard InChI is InChI=1S/C21H26N4OS2/c26-19(13-28-18-9-6-14-3-1-4-15(14)11-18)24-10-2-5-16(12-24)20-22-23-21(27)25(20)17-7-8-17/h6,9,11,16-17H,1-5,7-8,10,12-13H2,(H,23,27). The third kappa shape index (κ3) is 3.66. The Bertz CT molecular complexity index is 946. The van der Waals surface area contributed by atoms with Crippen molar-refractivity contribution in [1.82, 2.24) is 19.7 Å². The van der Waals surface area contributed by atoms with Gasteiger partial charge < -0.3 is 9.47 Å². The molecule has 1 unspecified atom stereocenters. The van der Waals surface area contributed by atoms with Gasteiger partial charge in [0, 0.05) is 29.9 Å². The molecule has 5 nitrogen and oxygen atoms in total. The lowest BCUT2D eigenvalue weighted by Crippen LogP contribution is -2.40. The molecule has 28 heavy (non-hydrogen) atoms. The largest absolute Gasteiger partial charge is 0.341 e. The van der Waals surface area contributed by atoms with Gasteiger partial charge in [0.2, 0.25) is 5.91 Å². The van der Waals surface area contributed by atoms with Crippen molar-refractivity contribution in [2.45, 2.75) is 61.8 Å². The molecule has 1 aromatic carbocycles. The van der Waals surface area contributed by atoms with Crippen molar-refractivity contribution in [3.8, 4) is 0 Å². The second-order valence-electron chi connectivity index (χ2n) is 8.24. The fraction of sp³-hybridized carbons (Fsp3) is 0.571. The molecule has 0 bridgehead atoms. The van der Waals surface area contributed by atoms with Crippen molar-refractivity contribution in [2.24, 2.45) is 0 Å². The SMILES string of the molecule is O=C(CSc1ccc2c(c1)CCC2)N1CCCC(c2n[nH]c(=S)n2C2CC2)C1. The van der Waals surface area contributed by atoms with Crippen LogP contribution in [0.3, 0.4) is 0 Å². The number of piperidine rings is 1. The molecule has 2 aromatic rings. The number of rotatable bonds is 5. The smallest absolute Gasteiger partial charge is 0.232 e. The summed E-state index contributed by atoms with van der Waals surface area (Å²) in [5.74, 6) is 2.09. The summed E-state index contributed by atoms with van der Waals surface area (Å²) in [6.07, 6.45) is 8.13. The summed E-state index contributed by atoms with van der Waals surface area (Å²) in [5.41, 5.74) is 2.96. The molecule has 1 aromatic heterocycles. The number of carbonyl (C=O) groups excluding carboxylic acids is 1. The van der Waals surface area contributed by atoms with Crippen LogP contribution in [0.1, 0.15) is 61.0 Å². The minimum atomic E-state index is 0.238. The minimum Gasteiger partial charge on any atom is -0.341 e. The van der Waals surface area contributed by atoms with Gasteiger partial charge >= 0.3 is 0 Å². The Hall–Kier alpha value is -1.60. The lowest BCUT2D eigenvalue weighted by atomic mass is 9.97. The average Bonchev–Trinajstić information content (AvgIpc) is 3.31. The number of nitrogens with one attached hydrogen (secondary N) is 1. The number of aromatic amines is 1. The first-order valence-electron chi connectivity index (χ1n) is 10.4. The molecule has 2 heterocycles. The summed E-state index contributed by atoms with van der Waals surface area (Å²) in [5, 5.41) is 7.50. The number of aromatic nitrogens is 3. The third-order valence-corrected chi connectivity index (χ3v) is 7.48. The first-order chi connectivity index (χ1) is 13.7. The highest BCUT2D eigenvalue weighted by atomic mass is 32.2. The molecule has 7 heteroatoms. The van der Waals surface area contributed by atoms with Crippen LogP contribution in [-0.4, -0.2) is 44.4 Å². The van der Waals surface area contributed by atoms with Gasteiger partial charge in [0.1, 0.15) is 5.82 Å². The molecule has 0 spiro atoms. The fourth-order valence-electron chi connectivity index (χ4n) is 4.58. The molecular weight excluding hydrogens is 388 g/mol. The van der Waals surface area contributed by atoms with Crippen LogP contribution in [0.25, 0.3) is 0 Å². The predicted molar refractivity (Wildman–Crippen MR) is 113 cm³/mol. The van der Waals surface area contributed by atoms with E-state index in [4.69, 9.17) is 12.2 Å². The molecule has 1 amide bonds. The number of benzene rings is 1. The lowest BCUT2D eigenvalue weighted by molar-refractivity contribution is -0.129. The summed E-state index contributed by atoms with van der Waals surface area (Å²) >= 11 is 7.10. The Balaban J connectivity index is 1.23. The van der Waals surface area contributed by atoms with Crippen molar-refractivity contribution >= 4 is 29.9 Å². The summed E-state index contributed by atoms with van der Waals surface area (Å²) in [7, 11) is 0. The van der Waals surface area contributed by atoms with E-state index in [1.54, 1.807) is 11.8 Å². The van der Waals surface area contributed by atoms with E-state index < -0.39 is 0 Å². The third-order valence-electron chi connectivity index (χ3n) is 6.22. The Labute approximate surface area is 174 Å². The number of carbonyl (C=O) groups is 1. The topological polar surface area (TPSA) is 53.9 Å². The van der Waals surface area contributed by atoms with Crippen LogP contribution in [0.5, 0.6) is 0 Å². The zero-order chi connectivity index (χ0) is 19.1. The highest BCUT2D eigenvalue weighted by Crippen LogP contribution is 2.38. The van der Waals surface area contributed by atoms with Crippen LogP contribution >= 0.6 is 24.0 Å². The molecule has 1 saturated carbocycles. The second kappa shape index (κ2) is 7.67. The highest BCUT2D eigenvalue weighted by molar-refractivity contribution is 8.00. The molecule has 1 atom stereocenters. The lowest BCUT2D eigenvalue weighted by Gasteiger charge is -2.32. The van der Waals surface area contributed by atoms with E-state index in [2.05, 4.69) is 33.0 Å². The van der Waals surface area contributed by atoms with Crippen LogP contribution in [0.2, 0.25) is 0 Å². The monoisotopic (exact) mass is 414 g/mol. The van der Waals surface area contributed by atoms with Crippen molar-refractivity contribution in [2.75, 3.05) is 18.8 Å². The molecule has 1 N–H and O–H groups in total. The average molecular weight is 415 g/mol. The Morgan fingerprint density at radius 2 is 2.07 bits per heavy atom. The number of hydrogen-bond acceptors (Lipinski definition) is 4. The van der Waals surface area contributed by atoms with Gasteiger partial charge in [0.05, 0.1) is 5.75 Å². The van der Waals surface area contributed by atoms with E-state index in [0.29, 0.717) is 11.8 Å². The molecular formula is C21H26N4OS2. The summed E-state index contributed by atoms with van der Waals surface area (Å²) in [6.45, 7) is 1.62. The van der Waals surface area contributed by atoms with E-state index in [-0.39, 0.29) is 11.8 Å². The van der Waals surface area contributed by atoms with Gasteiger partial charge in [-0.1, -0.05) is 6.07 Å². The number of aryl methyl sites for hydroxylation is 2. The first-order valence-corrected chi connectivity index (χ1v) is 11.8. The van der Waals surface area contributed by atoms with Crippen molar-refractivity contribution in [3.05, 3.63) is 39.9 Å². The zero-order valence-electron chi connectivity index (χ0n) is 16.0. The Morgan fingerprint density at radius 1 is 1.21 bits per heavy atom. The fourth-order valence-corrected chi connectivity index (χ4v) is 5.73. The number of thioether (sulfide) groups is 1. The van der Waals surface area contributed by atoms with Gasteiger partial charge in [-0.3, -0.25) is 9.89 Å². The van der Waals surface area contributed by atoms with Crippen molar-refractivity contribution in [3.63, 3.8) is 0 Å². The summed E-state index contributed by atoms with van der Waals surface area (Å²) in [4.78, 5) is 16.1. The summed E-state index contributed by atoms with van der Waals surface area (Å²) < 4.78 is 2.93. The number of amides is 1. The van der Waals surface area contributed by atoms with E-state index >= 15 is 0 Å². The Kier molecular flexibility index (Phi) is 5.05. The first kappa shape index (κ1) is 18.4. The molecule has 2 aliphatic carbocycles. The van der Waals surface area contributed by atoms with E-state index in [1.165, 1.54) is 48.1 Å². The number of H-pyrrole nitrogens is 1. The molecule has 3 aliphatic rings. The van der Waals surface area contributed by atoms with Crippen molar-refractivity contribution < 1.29 is 4.79 Å². The van der Waals surface area contributed by atoms with Crippen LogP contribution in [0, 0.1) is 4.77 Å². The quantitative estimate of drug-likeness (QED) is 0.587. The zero-order valence-corrected chi connectivity index (χ0v) is 17.7. The van der Waals surface area contributed by atoms with Gasteiger partial charge in [-0.25, -0.2) is 0 Å². The summed E-state index contributed by atoms with van der Waals surface area (Å²) in [6, 6.07) is 7.22. The van der Waals surface area contributed by atoms with Crippen LogP contribution in [-0.2, 0) is 17.6 Å². The molecule has 1 aliphatic heterocycles. The molecule has 1 saturated heterocycles. The van der Waals surface area contributed by atoms with E-state index in [0.717, 1.165) is 36.5 Å². The van der Waals surface area contributed by atoms with Crippen molar-refractivity contribution in [1.29, 1.82) is 0 Å². The Morgan fingerprint density at radius 3 is 2.93 bits per heavy atom. The van der Waals surface area contributed by atoms with E-state index in [9.17, 15) is 4.79 Å². The number of nitrogens with zero attached hydrogens (tertiary/aromatic N) is 3. The van der Waals surface area contributed by atoms with Crippen LogP contribution in [0.15, 0.2) is 23.1 Å². The van der Waals surface area contributed by atoms with Gasteiger partial charge in [0.15, 0.2) is 4.77 Å². The van der Waals surface area contributed by atoms with E-state index in [1.807, 2.05) is 4.90 Å². The molecule has 0 radical (unpaired) electrons. The number of hydrogen-bond donors (Lipinski definition) is 1.